The van der Waals surface area contributed by atoms with Crippen molar-refractivity contribution in [1.82, 2.24) is 4.90 Å². The maximum Gasteiger partial charge on any atom is 0.257 e. The molecule has 0 aliphatic rings. The topological polar surface area (TPSA) is 40.5 Å². The first-order chi connectivity index (χ1) is 8.10. The van der Waals surface area contributed by atoms with Gasteiger partial charge in [-0.15, -0.1) is 0 Å². The van der Waals surface area contributed by atoms with E-state index in [1.54, 1.807) is 23.1 Å². The first-order valence-corrected chi connectivity index (χ1v) is 6.67. The highest BCUT2D eigenvalue weighted by atomic mass is 79.9. The molecular formula is C13H18BrNO2. The van der Waals surface area contributed by atoms with Gasteiger partial charge in [0.05, 0.1) is 5.56 Å². The average molecular weight is 300 g/mol. The molecule has 4 heteroatoms. The summed E-state index contributed by atoms with van der Waals surface area (Å²) in [6.45, 7) is 5.44. The number of aromatic hydroxyl groups is 1. The molecule has 0 atom stereocenters. The van der Waals surface area contributed by atoms with Gasteiger partial charge >= 0.3 is 0 Å². The van der Waals surface area contributed by atoms with E-state index in [0.717, 1.165) is 23.9 Å². The fraction of sp³-hybridized carbons (Fsp3) is 0.462. The van der Waals surface area contributed by atoms with Crippen LogP contribution in [0, 0.1) is 0 Å². The summed E-state index contributed by atoms with van der Waals surface area (Å²) in [7, 11) is 0. The SMILES string of the molecule is CCCCN(CC)C(=O)c1ccc(Br)cc1O. The van der Waals surface area contributed by atoms with Crippen LogP contribution in [-0.4, -0.2) is 29.0 Å². The van der Waals surface area contributed by atoms with E-state index in [4.69, 9.17) is 0 Å². The zero-order chi connectivity index (χ0) is 12.8. The fourth-order valence-electron chi connectivity index (χ4n) is 1.61. The Kier molecular flexibility index (Phi) is 5.48. The minimum Gasteiger partial charge on any atom is -0.507 e. The number of amides is 1. The number of phenols is 1. The highest BCUT2D eigenvalue weighted by molar-refractivity contribution is 9.10. The number of hydrogen-bond acceptors (Lipinski definition) is 2. The molecule has 0 aliphatic carbocycles. The molecule has 1 aromatic rings. The average Bonchev–Trinajstić information content (AvgIpc) is 2.29. The van der Waals surface area contributed by atoms with Gasteiger partial charge in [0.15, 0.2) is 0 Å². The summed E-state index contributed by atoms with van der Waals surface area (Å²) in [6.07, 6.45) is 2.03. The highest BCUT2D eigenvalue weighted by Gasteiger charge is 2.17. The minimum atomic E-state index is -0.106. The molecule has 0 spiro atoms. The van der Waals surface area contributed by atoms with Crippen LogP contribution >= 0.6 is 15.9 Å². The first-order valence-electron chi connectivity index (χ1n) is 5.88. The Morgan fingerprint density at radius 2 is 2.12 bits per heavy atom. The van der Waals surface area contributed by atoms with Crippen LogP contribution in [0.4, 0.5) is 0 Å². The molecule has 1 rings (SSSR count). The number of benzene rings is 1. The van der Waals surface area contributed by atoms with Crippen molar-refractivity contribution in [3.05, 3.63) is 28.2 Å². The van der Waals surface area contributed by atoms with Crippen molar-refractivity contribution in [3.8, 4) is 5.75 Å². The molecule has 3 nitrogen and oxygen atoms in total. The largest absolute Gasteiger partial charge is 0.507 e. The van der Waals surface area contributed by atoms with Crippen LogP contribution in [0.25, 0.3) is 0 Å². The van der Waals surface area contributed by atoms with Crippen LogP contribution in [0.2, 0.25) is 0 Å². The van der Waals surface area contributed by atoms with E-state index in [1.165, 1.54) is 0 Å². The van der Waals surface area contributed by atoms with Gasteiger partial charge in [0.2, 0.25) is 0 Å². The molecule has 1 N–H and O–H groups in total. The van der Waals surface area contributed by atoms with Gasteiger partial charge in [-0.05, 0) is 31.5 Å². The Hall–Kier alpha value is -1.03. The number of carbonyl (C=O) groups excluding carboxylic acids is 1. The number of unbranched alkanes of at least 4 members (excludes halogenated alkanes) is 1. The molecule has 0 aliphatic heterocycles. The number of rotatable bonds is 5. The van der Waals surface area contributed by atoms with Crippen LogP contribution in [0.1, 0.15) is 37.0 Å². The van der Waals surface area contributed by atoms with Crippen molar-refractivity contribution in [2.75, 3.05) is 13.1 Å². The quantitative estimate of drug-likeness (QED) is 0.905. The molecule has 0 bridgehead atoms. The molecular weight excluding hydrogens is 282 g/mol. The Labute approximate surface area is 111 Å². The third-order valence-corrected chi connectivity index (χ3v) is 3.13. The minimum absolute atomic E-state index is 0.0272. The van der Waals surface area contributed by atoms with E-state index < -0.39 is 0 Å². The summed E-state index contributed by atoms with van der Waals surface area (Å²) in [5.41, 5.74) is 0.367. The summed E-state index contributed by atoms with van der Waals surface area (Å²) in [5.74, 6) is -0.0785. The lowest BCUT2D eigenvalue weighted by molar-refractivity contribution is 0.0759. The maximum absolute atomic E-state index is 12.2. The van der Waals surface area contributed by atoms with Gasteiger partial charge in [-0.25, -0.2) is 0 Å². The first kappa shape index (κ1) is 14.0. The standard InChI is InChI=1S/C13H18BrNO2/c1-3-5-8-15(4-2)13(17)11-7-6-10(14)9-12(11)16/h6-7,9,16H,3-5,8H2,1-2H3. The van der Waals surface area contributed by atoms with E-state index in [9.17, 15) is 9.90 Å². The molecule has 0 unspecified atom stereocenters. The second-order valence-electron chi connectivity index (χ2n) is 3.90. The zero-order valence-electron chi connectivity index (χ0n) is 10.2. The third-order valence-electron chi connectivity index (χ3n) is 2.64. The van der Waals surface area contributed by atoms with Crippen molar-refractivity contribution >= 4 is 21.8 Å². The lowest BCUT2D eigenvalue weighted by atomic mass is 10.1. The predicted octanol–water partition coefficient (Wildman–Crippen LogP) is 3.42. The van der Waals surface area contributed by atoms with Gasteiger partial charge in [-0.2, -0.15) is 0 Å². The Balaban J connectivity index is 2.86. The summed E-state index contributed by atoms with van der Waals surface area (Å²) in [6, 6.07) is 4.96. The van der Waals surface area contributed by atoms with Crippen molar-refractivity contribution in [3.63, 3.8) is 0 Å². The van der Waals surface area contributed by atoms with Crippen LogP contribution in [0.3, 0.4) is 0 Å². The summed E-state index contributed by atoms with van der Waals surface area (Å²) < 4.78 is 0.767. The second-order valence-corrected chi connectivity index (χ2v) is 4.82. The number of hydrogen-bond donors (Lipinski definition) is 1. The summed E-state index contributed by atoms with van der Waals surface area (Å²) in [4.78, 5) is 13.9. The summed E-state index contributed by atoms with van der Waals surface area (Å²) in [5, 5.41) is 9.75. The molecule has 0 radical (unpaired) electrons. The molecule has 0 fully saturated rings. The van der Waals surface area contributed by atoms with Gasteiger partial charge in [0.1, 0.15) is 5.75 Å². The Morgan fingerprint density at radius 3 is 2.65 bits per heavy atom. The molecule has 0 aromatic heterocycles. The van der Waals surface area contributed by atoms with E-state index in [0.29, 0.717) is 12.1 Å². The highest BCUT2D eigenvalue weighted by Crippen LogP contribution is 2.23. The van der Waals surface area contributed by atoms with Crippen LogP contribution < -0.4 is 0 Å². The van der Waals surface area contributed by atoms with Crippen molar-refractivity contribution < 1.29 is 9.90 Å². The van der Waals surface area contributed by atoms with Gasteiger partial charge in [-0.1, -0.05) is 29.3 Å². The summed E-state index contributed by atoms with van der Waals surface area (Å²) >= 11 is 3.26. The molecule has 1 aromatic carbocycles. The Bertz CT molecular complexity index is 393. The molecule has 0 saturated heterocycles. The Morgan fingerprint density at radius 1 is 1.41 bits per heavy atom. The predicted molar refractivity (Wildman–Crippen MR) is 72.3 cm³/mol. The number of phenolic OH excluding ortho intramolecular Hbond substituents is 1. The lowest BCUT2D eigenvalue weighted by Crippen LogP contribution is -2.31. The maximum atomic E-state index is 12.2. The zero-order valence-corrected chi connectivity index (χ0v) is 11.8. The van der Waals surface area contributed by atoms with Crippen molar-refractivity contribution in [2.24, 2.45) is 0 Å². The third kappa shape index (κ3) is 3.73. The van der Waals surface area contributed by atoms with Crippen molar-refractivity contribution in [2.45, 2.75) is 26.7 Å². The van der Waals surface area contributed by atoms with Gasteiger partial charge < -0.3 is 10.0 Å². The van der Waals surface area contributed by atoms with Gasteiger partial charge in [0, 0.05) is 17.6 Å². The molecule has 0 saturated carbocycles. The van der Waals surface area contributed by atoms with Crippen molar-refractivity contribution in [1.29, 1.82) is 0 Å². The van der Waals surface area contributed by atoms with E-state index in [2.05, 4.69) is 22.9 Å². The van der Waals surface area contributed by atoms with Gasteiger partial charge in [0.25, 0.3) is 5.91 Å². The van der Waals surface area contributed by atoms with Gasteiger partial charge in [-0.3, -0.25) is 4.79 Å². The van der Waals surface area contributed by atoms with Crippen LogP contribution in [0.15, 0.2) is 22.7 Å². The monoisotopic (exact) mass is 299 g/mol. The molecule has 1 amide bonds. The van der Waals surface area contributed by atoms with E-state index in [-0.39, 0.29) is 11.7 Å². The lowest BCUT2D eigenvalue weighted by Gasteiger charge is -2.21. The number of halogens is 1. The second kappa shape index (κ2) is 6.64. The molecule has 94 valence electrons. The molecule has 0 heterocycles. The van der Waals surface area contributed by atoms with E-state index >= 15 is 0 Å². The van der Waals surface area contributed by atoms with E-state index in [1.807, 2.05) is 6.92 Å². The normalized spacial score (nSPS) is 10.3. The smallest absolute Gasteiger partial charge is 0.257 e. The number of carbonyl (C=O) groups is 1. The number of nitrogens with zero attached hydrogens (tertiary/aromatic N) is 1. The molecule has 17 heavy (non-hydrogen) atoms. The van der Waals surface area contributed by atoms with Crippen LogP contribution in [0.5, 0.6) is 5.75 Å². The van der Waals surface area contributed by atoms with Crippen LogP contribution in [-0.2, 0) is 0 Å². The fourth-order valence-corrected chi connectivity index (χ4v) is 1.96.